The summed E-state index contributed by atoms with van der Waals surface area (Å²) in [7, 11) is 1.67. The molecule has 4 heteroatoms. The quantitative estimate of drug-likeness (QED) is 0.744. The van der Waals surface area contributed by atoms with Gasteiger partial charge < -0.3 is 21.5 Å². The van der Waals surface area contributed by atoms with Crippen LogP contribution in [-0.2, 0) is 5.41 Å². The number of hydrogen-bond acceptors (Lipinski definition) is 4. The third-order valence-electron chi connectivity index (χ3n) is 2.92. The molecule has 18 heavy (non-hydrogen) atoms. The fraction of sp³-hybridized carbons (Fsp3) is 0.571. The van der Waals surface area contributed by atoms with Crippen LogP contribution in [0.4, 0.5) is 5.69 Å². The molecular weight excluding hydrogens is 226 g/mol. The van der Waals surface area contributed by atoms with Crippen molar-refractivity contribution in [2.45, 2.75) is 32.2 Å². The first-order chi connectivity index (χ1) is 8.38. The van der Waals surface area contributed by atoms with Gasteiger partial charge in [0.15, 0.2) is 0 Å². The predicted octanol–water partition coefficient (Wildman–Crippen LogP) is 1.69. The van der Waals surface area contributed by atoms with Crippen LogP contribution in [0.1, 0.15) is 26.3 Å². The van der Waals surface area contributed by atoms with Gasteiger partial charge in [0.1, 0.15) is 5.75 Å². The number of hydrogen-bond donors (Lipinski definition) is 3. The highest BCUT2D eigenvalue weighted by Gasteiger charge is 2.16. The van der Waals surface area contributed by atoms with Gasteiger partial charge >= 0.3 is 0 Å². The monoisotopic (exact) mass is 251 g/mol. The molecule has 0 radical (unpaired) electrons. The number of benzene rings is 1. The summed E-state index contributed by atoms with van der Waals surface area (Å²) in [4.78, 5) is 0. The number of anilines is 1. The highest BCUT2D eigenvalue weighted by molar-refractivity contribution is 5.59. The van der Waals surface area contributed by atoms with Gasteiger partial charge in [0.25, 0.3) is 0 Å². The Bertz CT molecular complexity index is 385. The van der Waals surface area contributed by atoms with E-state index in [-0.39, 0.29) is 11.5 Å². The molecule has 1 aromatic carbocycles. The van der Waals surface area contributed by atoms with Crippen molar-refractivity contribution in [2.24, 2.45) is 11.5 Å². The van der Waals surface area contributed by atoms with E-state index in [9.17, 15) is 0 Å². The first-order valence-electron chi connectivity index (χ1n) is 6.26. The lowest BCUT2D eigenvalue weighted by Crippen LogP contribution is -2.36. The zero-order chi connectivity index (χ0) is 13.8. The highest BCUT2D eigenvalue weighted by Crippen LogP contribution is 2.31. The van der Waals surface area contributed by atoms with Gasteiger partial charge in [-0.05, 0) is 23.1 Å². The van der Waals surface area contributed by atoms with Gasteiger partial charge in [0.05, 0.1) is 12.8 Å². The Morgan fingerprint density at radius 2 is 2.00 bits per heavy atom. The minimum Gasteiger partial charge on any atom is -0.495 e. The lowest BCUT2D eigenvalue weighted by molar-refractivity contribution is 0.415. The lowest BCUT2D eigenvalue weighted by atomic mass is 9.87. The number of rotatable bonds is 5. The van der Waals surface area contributed by atoms with Crippen molar-refractivity contribution < 1.29 is 4.74 Å². The lowest BCUT2D eigenvalue weighted by Gasteiger charge is -2.22. The Labute approximate surface area is 110 Å². The van der Waals surface area contributed by atoms with Gasteiger partial charge in [-0.15, -0.1) is 0 Å². The maximum Gasteiger partial charge on any atom is 0.141 e. The zero-order valence-electron chi connectivity index (χ0n) is 11.8. The molecule has 1 aromatic rings. The Hall–Kier alpha value is -1.26. The van der Waals surface area contributed by atoms with Crippen LogP contribution >= 0.6 is 0 Å². The van der Waals surface area contributed by atoms with E-state index in [0.717, 1.165) is 11.4 Å². The normalized spacial score (nSPS) is 13.2. The Morgan fingerprint density at radius 3 is 2.50 bits per heavy atom. The molecule has 1 atom stereocenters. The summed E-state index contributed by atoms with van der Waals surface area (Å²) in [5.41, 5.74) is 13.7. The number of nitrogens with two attached hydrogens (primary N) is 2. The highest BCUT2D eigenvalue weighted by atomic mass is 16.5. The summed E-state index contributed by atoms with van der Waals surface area (Å²) in [5.74, 6) is 0.826. The van der Waals surface area contributed by atoms with E-state index in [1.807, 2.05) is 6.07 Å². The van der Waals surface area contributed by atoms with Gasteiger partial charge in [-0.1, -0.05) is 26.8 Å². The molecule has 0 bridgehead atoms. The van der Waals surface area contributed by atoms with Crippen LogP contribution in [0.3, 0.4) is 0 Å². The van der Waals surface area contributed by atoms with Crippen LogP contribution in [0.2, 0.25) is 0 Å². The van der Waals surface area contributed by atoms with Crippen molar-refractivity contribution in [1.29, 1.82) is 0 Å². The summed E-state index contributed by atoms with van der Waals surface area (Å²) in [5, 5.41) is 3.30. The maximum absolute atomic E-state index is 5.81. The van der Waals surface area contributed by atoms with E-state index in [1.165, 1.54) is 5.56 Å². The minimum absolute atomic E-state index is 0.0481. The van der Waals surface area contributed by atoms with Crippen molar-refractivity contribution in [2.75, 3.05) is 25.5 Å². The Balaban J connectivity index is 2.92. The first-order valence-corrected chi connectivity index (χ1v) is 6.26. The van der Waals surface area contributed by atoms with Gasteiger partial charge in [-0.25, -0.2) is 0 Å². The summed E-state index contributed by atoms with van der Waals surface area (Å²) in [6.45, 7) is 7.66. The topological polar surface area (TPSA) is 73.3 Å². The van der Waals surface area contributed by atoms with Crippen LogP contribution < -0.4 is 21.5 Å². The molecule has 0 saturated heterocycles. The zero-order valence-corrected chi connectivity index (χ0v) is 11.8. The molecule has 5 N–H and O–H groups in total. The molecule has 0 heterocycles. The minimum atomic E-state index is -0.0481. The fourth-order valence-corrected chi connectivity index (χ4v) is 1.64. The molecule has 1 unspecified atom stereocenters. The molecule has 1 rings (SSSR count). The number of nitrogens with one attached hydrogen (secondary N) is 1. The van der Waals surface area contributed by atoms with Crippen LogP contribution in [0.15, 0.2) is 18.2 Å². The predicted molar refractivity (Wildman–Crippen MR) is 77.2 cm³/mol. The molecule has 102 valence electrons. The SMILES string of the molecule is COc1ccc(C(C)(C)C)cc1NCC(N)CN. The van der Waals surface area contributed by atoms with Gasteiger partial charge in [-0.2, -0.15) is 0 Å². The van der Waals surface area contributed by atoms with E-state index in [1.54, 1.807) is 7.11 Å². The van der Waals surface area contributed by atoms with E-state index in [2.05, 4.69) is 38.2 Å². The van der Waals surface area contributed by atoms with Crippen molar-refractivity contribution >= 4 is 5.69 Å². The molecule has 0 saturated carbocycles. The van der Waals surface area contributed by atoms with Crippen LogP contribution in [0.5, 0.6) is 5.75 Å². The van der Waals surface area contributed by atoms with Crippen molar-refractivity contribution in [1.82, 2.24) is 0 Å². The standard InChI is InChI=1S/C14H25N3O/c1-14(2,3)10-5-6-13(18-4)12(7-10)17-9-11(16)8-15/h5-7,11,17H,8-9,15-16H2,1-4H3. The second-order valence-electron chi connectivity index (χ2n) is 5.54. The van der Waals surface area contributed by atoms with Gasteiger partial charge in [0.2, 0.25) is 0 Å². The van der Waals surface area contributed by atoms with Crippen LogP contribution in [-0.4, -0.2) is 26.2 Å². The molecule has 0 aliphatic heterocycles. The van der Waals surface area contributed by atoms with E-state index < -0.39 is 0 Å². The second-order valence-corrected chi connectivity index (χ2v) is 5.54. The Morgan fingerprint density at radius 1 is 1.33 bits per heavy atom. The second kappa shape index (κ2) is 6.07. The van der Waals surface area contributed by atoms with Gasteiger partial charge in [-0.3, -0.25) is 0 Å². The molecule has 4 nitrogen and oxygen atoms in total. The molecule has 0 amide bonds. The van der Waals surface area contributed by atoms with E-state index in [0.29, 0.717) is 13.1 Å². The third-order valence-corrected chi connectivity index (χ3v) is 2.92. The molecule has 0 spiro atoms. The molecule has 0 aromatic heterocycles. The molecule has 0 aliphatic rings. The average molecular weight is 251 g/mol. The molecule has 0 aliphatic carbocycles. The fourth-order valence-electron chi connectivity index (χ4n) is 1.64. The molecular formula is C14H25N3O. The third kappa shape index (κ3) is 3.89. The average Bonchev–Trinajstić information content (AvgIpc) is 2.34. The van der Waals surface area contributed by atoms with Crippen molar-refractivity contribution in [3.63, 3.8) is 0 Å². The number of methoxy groups -OCH3 is 1. The summed E-state index contributed by atoms with van der Waals surface area (Å²) < 4.78 is 5.34. The Kier molecular flexibility index (Phi) is 4.99. The van der Waals surface area contributed by atoms with E-state index in [4.69, 9.17) is 16.2 Å². The summed E-state index contributed by atoms with van der Waals surface area (Å²) in [6.07, 6.45) is 0. The van der Waals surface area contributed by atoms with Crippen molar-refractivity contribution in [3.05, 3.63) is 23.8 Å². The first kappa shape index (κ1) is 14.8. The summed E-state index contributed by atoms with van der Waals surface area (Å²) in [6, 6.07) is 6.14. The molecule has 0 fully saturated rings. The number of ether oxygens (including phenoxy) is 1. The van der Waals surface area contributed by atoms with Crippen molar-refractivity contribution in [3.8, 4) is 5.75 Å². The van der Waals surface area contributed by atoms with Crippen LogP contribution in [0, 0.1) is 0 Å². The van der Waals surface area contributed by atoms with Gasteiger partial charge in [0, 0.05) is 19.1 Å². The largest absolute Gasteiger partial charge is 0.495 e. The maximum atomic E-state index is 5.81. The summed E-state index contributed by atoms with van der Waals surface area (Å²) >= 11 is 0. The van der Waals surface area contributed by atoms with E-state index >= 15 is 0 Å². The smallest absolute Gasteiger partial charge is 0.141 e. The van der Waals surface area contributed by atoms with Crippen LogP contribution in [0.25, 0.3) is 0 Å².